The number of carboxylic acid groups (broad SMARTS) is 1. The van der Waals surface area contributed by atoms with Crippen LogP contribution in [0, 0.1) is 30.0 Å². The Hall–Kier alpha value is -3.75. The second-order valence-corrected chi connectivity index (χ2v) is 12.6. The molecule has 1 saturated heterocycles. The van der Waals surface area contributed by atoms with Gasteiger partial charge in [0, 0.05) is 55.0 Å². The van der Waals surface area contributed by atoms with Gasteiger partial charge in [-0.1, -0.05) is 27.7 Å². The van der Waals surface area contributed by atoms with Gasteiger partial charge >= 0.3 is 5.97 Å². The van der Waals surface area contributed by atoms with Crippen LogP contribution in [0.1, 0.15) is 74.5 Å². The first-order chi connectivity index (χ1) is 19.3. The summed E-state index contributed by atoms with van der Waals surface area (Å²) in [6, 6.07) is 5.48. The highest BCUT2D eigenvalue weighted by Gasteiger charge is 2.55. The summed E-state index contributed by atoms with van der Waals surface area (Å²) in [5.41, 5.74) is 1.29. The molecule has 1 amide bonds. The largest absolute Gasteiger partial charge is 0.496 e. The second-order valence-electron chi connectivity index (χ2n) is 12.6. The summed E-state index contributed by atoms with van der Waals surface area (Å²) < 4.78 is 27.5. The molecule has 8 nitrogen and oxygen atoms in total. The van der Waals surface area contributed by atoms with Crippen molar-refractivity contribution in [3.63, 3.8) is 0 Å². The number of aromatic nitrogens is 1. The maximum Gasteiger partial charge on any atom is 0.354 e. The molecular formula is C32H37FN2O6. The van der Waals surface area contributed by atoms with Crippen LogP contribution in [0.5, 0.6) is 5.75 Å². The number of ketones is 1. The second kappa shape index (κ2) is 10.3. The van der Waals surface area contributed by atoms with Crippen LogP contribution in [-0.4, -0.2) is 59.0 Å². The predicted molar refractivity (Wildman–Crippen MR) is 150 cm³/mol. The van der Waals surface area contributed by atoms with E-state index in [0.29, 0.717) is 53.0 Å². The van der Waals surface area contributed by atoms with E-state index in [9.17, 15) is 19.5 Å². The highest BCUT2D eigenvalue weighted by molar-refractivity contribution is 6.01. The highest BCUT2D eigenvalue weighted by atomic mass is 19.1. The fourth-order valence-electron chi connectivity index (χ4n) is 6.99. The van der Waals surface area contributed by atoms with Crippen molar-refractivity contribution in [3.8, 4) is 17.0 Å². The lowest BCUT2D eigenvalue weighted by Crippen LogP contribution is -2.58. The first-order valence-electron chi connectivity index (χ1n) is 14.0. The number of methoxy groups -OCH3 is 1. The van der Waals surface area contributed by atoms with Gasteiger partial charge in [0.2, 0.25) is 5.91 Å². The monoisotopic (exact) mass is 564 g/mol. The van der Waals surface area contributed by atoms with E-state index in [4.69, 9.17) is 9.47 Å². The van der Waals surface area contributed by atoms with Crippen LogP contribution in [0.25, 0.3) is 11.3 Å². The third-order valence-corrected chi connectivity index (χ3v) is 8.94. The Bertz CT molecular complexity index is 1480. The maximum atomic E-state index is 15.1. The molecule has 1 aromatic carbocycles. The van der Waals surface area contributed by atoms with Crippen LogP contribution in [0.2, 0.25) is 0 Å². The summed E-state index contributed by atoms with van der Waals surface area (Å²) in [5, 5.41) is 9.50. The van der Waals surface area contributed by atoms with Crippen LogP contribution in [0.3, 0.4) is 0 Å². The molecule has 9 heteroatoms. The van der Waals surface area contributed by atoms with Gasteiger partial charge in [-0.25, -0.2) is 14.2 Å². The lowest BCUT2D eigenvalue weighted by Gasteiger charge is -2.51. The highest BCUT2D eigenvalue weighted by Crippen LogP contribution is 2.54. The number of Topliss-reactive ketones (excluding diaryl/α,β-unsaturated/α-hetero) is 1. The van der Waals surface area contributed by atoms with Gasteiger partial charge < -0.3 is 19.5 Å². The molecular weight excluding hydrogens is 527 g/mol. The van der Waals surface area contributed by atoms with E-state index in [1.807, 2.05) is 13.8 Å². The number of fused-ring (bicyclic) bond motifs is 1. The summed E-state index contributed by atoms with van der Waals surface area (Å²) >= 11 is 0. The number of piperidine rings is 1. The zero-order chi connectivity index (χ0) is 30.0. The van der Waals surface area contributed by atoms with Crippen LogP contribution in [-0.2, 0) is 14.3 Å². The van der Waals surface area contributed by atoms with E-state index in [-0.39, 0.29) is 40.5 Å². The van der Waals surface area contributed by atoms with Gasteiger partial charge in [0.1, 0.15) is 34.8 Å². The van der Waals surface area contributed by atoms with Crippen molar-refractivity contribution in [1.29, 1.82) is 0 Å². The molecule has 3 heterocycles. The first-order valence-corrected chi connectivity index (χ1v) is 14.0. The Morgan fingerprint density at radius 3 is 2.54 bits per heavy atom. The quantitative estimate of drug-likeness (QED) is 0.509. The lowest BCUT2D eigenvalue weighted by molar-refractivity contribution is -0.154. The minimum atomic E-state index is -1.27. The van der Waals surface area contributed by atoms with Gasteiger partial charge in [-0.05, 0) is 48.1 Å². The zero-order valence-corrected chi connectivity index (χ0v) is 24.6. The number of aromatic carboxylic acids is 1. The molecule has 0 bridgehead atoms. The fraction of sp³-hybridized carbons (Fsp3) is 0.500. The van der Waals surface area contributed by atoms with Crippen LogP contribution >= 0.6 is 0 Å². The van der Waals surface area contributed by atoms with Crippen LogP contribution < -0.4 is 4.74 Å². The van der Waals surface area contributed by atoms with Crippen LogP contribution in [0.4, 0.5) is 4.39 Å². The molecule has 0 unspecified atom stereocenters. The lowest BCUT2D eigenvalue weighted by atomic mass is 9.64. The van der Waals surface area contributed by atoms with Crippen LogP contribution in [0.15, 0.2) is 35.6 Å². The fourth-order valence-corrected chi connectivity index (χ4v) is 6.99. The van der Waals surface area contributed by atoms with E-state index in [1.54, 1.807) is 31.0 Å². The molecule has 41 heavy (non-hydrogen) atoms. The number of rotatable bonds is 5. The van der Waals surface area contributed by atoms with E-state index >= 15 is 4.39 Å². The molecule has 0 spiro atoms. The van der Waals surface area contributed by atoms with E-state index in [0.717, 1.165) is 12.1 Å². The Balaban J connectivity index is 1.77. The number of allylic oxidation sites excluding steroid dienone is 2. The Morgan fingerprint density at radius 1 is 1.20 bits per heavy atom. The third-order valence-electron chi connectivity index (χ3n) is 8.94. The number of amides is 1. The molecule has 4 atom stereocenters. The number of carbonyl (C=O) groups is 3. The number of carbonyl (C=O) groups excluding carboxylic acids is 2. The smallest absolute Gasteiger partial charge is 0.354 e. The Kier molecular flexibility index (Phi) is 7.20. The number of nitrogens with zero attached hydrogens (tertiary/aromatic N) is 2. The van der Waals surface area contributed by atoms with Gasteiger partial charge in [-0.15, -0.1) is 0 Å². The topological polar surface area (TPSA) is 106 Å². The number of hydrogen-bond acceptors (Lipinski definition) is 6. The molecule has 2 aromatic rings. The average molecular weight is 565 g/mol. The molecule has 1 aromatic heterocycles. The molecule has 3 aliphatic rings. The zero-order valence-electron chi connectivity index (χ0n) is 24.6. The minimum absolute atomic E-state index is 0.0229. The van der Waals surface area contributed by atoms with Gasteiger partial charge in [0.05, 0.1) is 13.0 Å². The molecule has 0 saturated carbocycles. The molecule has 1 aliphatic carbocycles. The predicted octanol–water partition coefficient (Wildman–Crippen LogP) is 5.53. The summed E-state index contributed by atoms with van der Waals surface area (Å²) in [4.78, 5) is 45.5. The number of ether oxygens (including phenoxy) is 2. The number of hydrogen-bond donors (Lipinski definition) is 1. The van der Waals surface area contributed by atoms with Gasteiger partial charge in [-0.3, -0.25) is 9.59 Å². The number of halogens is 1. The summed E-state index contributed by atoms with van der Waals surface area (Å²) in [6.45, 7) is 10.0. The Morgan fingerprint density at radius 2 is 1.90 bits per heavy atom. The van der Waals surface area contributed by atoms with Gasteiger partial charge in [-0.2, -0.15) is 0 Å². The van der Waals surface area contributed by atoms with E-state index in [1.165, 1.54) is 7.11 Å². The van der Waals surface area contributed by atoms with Crippen molar-refractivity contribution < 1.29 is 33.4 Å². The van der Waals surface area contributed by atoms with Crippen molar-refractivity contribution in [1.82, 2.24) is 9.88 Å². The van der Waals surface area contributed by atoms with Crippen molar-refractivity contribution >= 4 is 17.7 Å². The van der Waals surface area contributed by atoms with Gasteiger partial charge in [0.15, 0.2) is 5.78 Å². The Labute approximate surface area is 239 Å². The standard InChI is InChI=1S/C32H37FN2O6/c1-15(2)20-12-23-27(30(37)35(20)6)28(26-21(36)13-32(4,5)14-24(26)41-23)25-16(3)17(8-11-22(25)40-7)29-18(33)9-10-19(34-29)31(38)39/h8-11,15,20,23,27-28H,12-14H2,1-7H3,(H,38,39)/t20-,23-,27-,28-/m0/s1. The number of benzene rings is 1. The summed E-state index contributed by atoms with van der Waals surface area (Å²) in [5.74, 6) is -2.24. The molecule has 218 valence electrons. The first kappa shape index (κ1) is 28.8. The number of likely N-dealkylation sites (tertiary alicyclic amines) is 1. The molecule has 5 rings (SSSR count). The minimum Gasteiger partial charge on any atom is -0.496 e. The SMILES string of the molecule is COc1ccc(-c2nc(C(=O)O)ccc2F)c(C)c1[C@H]1C2=C(CC(C)(C)CC2=O)O[C@H]2C[C@@H](C(C)C)N(C)C(=O)[C@@H]21. The molecule has 2 aliphatic heterocycles. The normalized spacial score (nSPS) is 25.5. The van der Waals surface area contributed by atoms with Crippen molar-refractivity contribution in [3.05, 3.63) is 58.2 Å². The van der Waals surface area contributed by atoms with E-state index in [2.05, 4.69) is 18.8 Å². The molecule has 1 N–H and O–H groups in total. The van der Waals surface area contributed by atoms with Crippen molar-refractivity contribution in [2.75, 3.05) is 14.2 Å². The molecule has 1 fully saturated rings. The maximum absolute atomic E-state index is 15.1. The summed E-state index contributed by atoms with van der Waals surface area (Å²) in [6.07, 6.45) is 1.03. The van der Waals surface area contributed by atoms with Crippen molar-refractivity contribution in [2.24, 2.45) is 17.3 Å². The van der Waals surface area contributed by atoms with Crippen molar-refractivity contribution in [2.45, 2.75) is 71.9 Å². The number of carboxylic acids is 1. The molecule has 0 radical (unpaired) electrons. The number of pyridine rings is 1. The average Bonchev–Trinajstić information content (AvgIpc) is 2.89. The third kappa shape index (κ3) is 4.79. The van der Waals surface area contributed by atoms with E-state index < -0.39 is 29.7 Å². The summed E-state index contributed by atoms with van der Waals surface area (Å²) in [7, 11) is 3.32. The van der Waals surface area contributed by atoms with Gasteiger partial charge in [0.25, 0.3) is 0 Å².